The van der Waals surface area contributed by atoms with E-state index in [0.29, 0.717) is 20.0 Å². The molecular weight excluding hydrogens is 188 g/mol. The second-order valence-electron chi connectivity index (χ2n) is 1.49. The lowest BCUT2D eigenvalue weighted by Gasteiger charge is -2.01. The van der Waals surface area contributed by atoms with Crippen molar-refractivity contribution in [1.82, 2.24) is 0 Å². The first-order valence-electron chi connectivity index (χ1n) is 2.94. The Balaban J connectivity index is 2.65. The zero-order valence-corrected chi connectivity index (χ0v) is 8.26. The number of ether oxygens (including phenoxy) is 2. The first kappa shape index (κ1) is 11.0. The van der Waals surface area contributed by atoms with Gasteiger partial charge in [-0.3, -0.25) is 0 Å². The lowest BCUT2D eigenvalue weighted by atomic mass is 10.8. The van der Waals surface area contributed by atoms with Gasteiger partial charge in [-0.05, 0) is 0 Å². The van der Waals surface area contributed by atoms with Crippen molar-refractivity contribution in [3.63, 3.8) is 0 Å². The van der Waals surface area contributed by atoms with Gasteiger partial charge in [0.05, 0.1) is 13.2 Å². The first-order valence-corrected chi connectivity index (χ1v) is 5.61. The Morgan fingerprint density at radius 1 is 1.20 bits per heavy atom. The van der Waals surface area contributed by atoms with E-state index in [-0.39, 0.29) is 0 Å². The predicted octanol–water partition coefficient (Wildman–Crippen LogP) is 1.48. The Kier molecular flexibility index (Phi) is 10.9. The molecule has 2 nitrogen and oxygen atoms in total. The minimum Gasteiger partial charge on any atom is -0.355 e. The molecule has 5 heteroatoms. The van der Waals surface area contributed by atoms with Crippen LogP contribution in [0.5, 0.6) is 0 Å². The van der Waals surface area contributed by atoms with Crippen molar-refractivity contribution in [3.05, 3.63) is 0 Å². The highest BCUT2D eigenvalue weighted by molar-refractivity contribution is 8.68. The van der Waals surface area contributed by atoms with Crippen molar-refractivity contribution in [2.75, 3.05) is 31.5 Å². The SMILES string of the molecule is SCCOCOCCSS. The number of hydrogen-bond donors (Lipinski definition) is 2. The third-order valence-electron chi connectivity index (χ3n) is 0.721. The van der Waals surface area contributed by atoms with Crippen molar-refractivity contribution in [3.8, 4) is 0 Å². The van der Waals surface area contributed by atoms with Crippen LogP contribution in [0.3, 0.4) is 0 Å². The molecule has 0 spiro atoms. The van der Waals surface area contributed by atoms with Crippen LogP contribution in [0.4, 0.5) is 0 Å². The molecule has 0 heterocycles. The average molecular weight is 200 g/mol. The fourth-order valence-electron chi connectivity index (χ4n) is 0.338. The van der Waals surface area contributed by atoms with Crippen LogP contribution in [0.15, 0.2) is 0 Å². The predicted molar refractivity (Wildman–Crippen MR) is 52.1 cm³/mol. The van der Waals surface area contributed by atoms with Crippen molar-refractivity contribution < 1.29 is 9.47 Å². The number of hydrogen-bond acceptors (Lipinski definition) is 5. The highest BCUT2D eigenvalue weighted by Crippen LogP contribution is 2.02. The van der Waals surface area contributed by atoms with Crippen molar-refractivity contribution in [2.24, 2.45) is 0 Å². The Morgan fingerprint density at radius 3 is 2.50 bits per heavy atom. The van der Waals surface area contributed by atoms with Crippen LogP contribution in [0.1, 0.15) is 0 Å². The quantitative estimate of drug-likeness (QED) is 0.281. The third kappa shape index (κ3) is 8.97. The number of thiol groups is 2. The Labute approximate surface area is 76.3 Å². The molecule has 0 saturated carbocycles. The average Bonchev–Trinajstić information content (AvgIpc) is 1.97. The normalized spacial score (nSPS) is 10.2. The minimum atomic E-state index is 0.370. The zero-order chi connectivity index (χ0) is 7.66. The highest BCUT2D eigenvalue weighted by atomic mass is 33.1. The van der Waals surface area contributed by atoms with Gasteiger partial charge < -0.3 is 9.47 Å². The summed E-state index contributed by atoms with van der Waals surface area (Å²) in [7, 11) is 1.46. The van der Waals surface area contributed by atoms with Crippen LogP contribution in [0.25, 0.3) is 0 Å². The van der Waals surface area contributed by atoms with Crippen molar-refractivity contribution in [2.45, 2.75) is 0 Å². The Morgan fingerprint density at radius 2 is 1.90 bits per heavy atom. The number of rotatable bonds is 7. The van der Waals surface area contributed by atoms with E-state index in [0.717, 1.165) is 11.5 Å². The van der Waals surface area contributed by atoms with Gasteiger partial charge in [-0.1, -0.05) is 10.8 Å². The second kappa shape index (κ2) is 9.97. The Bertz CT molecular complexity index is 54.9. The van der Waals surface area contributed by atoms with Crippen LogP contribution < -0.4 is 0 Å². The van der Waals surface area contributed by atoms with E-state index in [4.69, 9.17) is 9.47 Å². The van der Waals surface area contributed by atoms with Gasteiger partial charge in [0.15, 0.2) is 0 Å². The van der Waals surface area contributed by atoms with E-state index in [2.05, 4.69) is 24.3 Å². The maximum atomic E-state index is 5.05. The van der Waals surface area contributed by atoms with Gasteiger partial charge in [-0.15, -0.1) is 11.7 Å². The summed E-state index contributed by atoms with van der Waals surface area (Å²) in [6, 6.07) is 0. The lowest BCUT2D eigenvalue weighted by molar-refractivity contribution is -0.0425. The van der Waals surface area contributed by atoms with Crippen LogP contribution in [0.2, 0.25) is 0 Å². The minimum absolute atomic E-state index is 0.370. The maximum Gasteiger partial charge on any atom is 0.146 e. The topological polar surface area (TPSA) is 18.5 Å². The van der Waals surface area contributed by atoms with Crippen LogP contribution in [0, 0.1) is 0 Å². The molecule has 0 aromatic rings. The fraction of sp³-hybridized carbons (Fsp3) is 1.00. The summed E-state index contributed by atoms with van der Waals surface area (Å²) >= 11 is 7.91. The zero-order valence-electron chi connectivity index (χ0n) is 5.65. The fourth-order valence-corrected chi connectivity index (χ4v) is 0.883. The standard InChI is InChI=1S/C5H12O2S3/c8-3-1-6-5-7-2-4-10-9/h8-9H,1-5H2. The largest absolute Gasteiger partial charge is 0.355 e. The third-order valence-corrected chi connectivity index (χ3v) is 1.80. The first-order chi connectivity index (χ1) is 4.91. The molecule has 0 aromatic carbocycles. The molecule has 0 aliphatic carbocycles. The van der Waals surface area contributed by atoms with Crippen LogP contribution in [-0.2, 0) is 9.47 Å². The molecule has 0 fully saturated rings. The van der Waals surface area contributed by atoms with Gasteiger partial charge in [0.25, 0.3) is 0 Å². The van der Waals surface area contributed by atoms with E-state index in [1.54, 1.807) is 0 Å². The van der Waals surface area contributed by atoms with E-state index in [9.17, 15) is 0 Å². The molecule has 0 unspecified atom stereocenters. The molecule has 62 valence electrons. The van der Waals surface area contributed by atoms with Crippen LogP contribution in [-0.4, -0.2) is 31.5 Å². The van der Waals surface area contributed by atoms with Gasteiger partial charge in [0.1, 0.15) is 6.79 Å². The molecule has 0 aliphatic rings. The summed E-state index contributed by atoms with van der Waals surface area (Å²) in [6.07, 6.45) is 0. The molecule has 0 atom stereocenters. The molecule has 0 radical (unpaired) electrons. The maximum absolute atomic E-state index is 5.05. The van der Waals surface area contributed by atoms with Crippen molar-refractivity contribution in [1.29, 1.82) is 0 Å². The van der Waals surface area contributed by atoms with Gasteiger partial charge in [0.2, 0.25) is 0 Å². The second-order valence-corrected chi connectivity index (χ2v) is 3.38. The van der Waals surface area contributed by atoms with Gasteiger partial charge >= 0.3 is 0 Å². The van der Waals surface area contributed by atoms with Crippen molar-refractivity contribution >= 4 is 35.1 Å². The molecule has 10 heavy (non-hydrogen) atoms. The summed E-state index contributed by atoms with van der Waals surface area (Å²) in [5, 5.41) is 0. The smallest absolute Gasteiger partial charge is 0.146 e. The highest BCUT2D eigenvalue weighted by Gasteiger charge is 1.86. The van der Waals surface area contributed by atoms with E-state index in [1.165, 1.54) is 10.8 Å². The van der Waals surface area contributed by atoms with Gasteiger partial charge in [0, 0.05) is 11.5 Å². The molecule has 0 saturated heterocycles. The summed E-state index contributed by atoms with van der Waals surface area (Å²) in [5.41, 5.74) is 0. The van der Waals surface area contributed by atoms with E-state index in [1.807, 2.05) is 0 Å². The molecule has 0 N–H and O–H groups in total. The monoisotopic (exact) mass is 200 g/mol. The Hall–Kier alpha value is 0.970. The molecule has 0 aromatic heterocycles. The summed E-state index contributed by atoms with van der Waals surface area (Å²) < 4.78 is 10.0. The molecule has 0 bridgehead atoms. The summed E-state index contributed by atoms with van der Waals surface area (Å²) in [5.74, 6) is 1.64. The summed E-state index contributed by atoms with van der Waals surface area (Å²) in [6.45, 7) is 1.72. The van der Waals surface area contributed by atoms with E-state index < -0.39 is 0 Å². The van der Waals surface area contributed by atoms with E-state index >= 15 is 0 Å². The lowest BCUT2D eigenvalue weighted by Crippen LogP contribution is -2.04. The molecular formula is C5H12O2S3. The van der Waals surface area contributed by atoms with Crippen LogP contribution >= 0.6 is 35.1 Å². The molecule has 0 aliphatic heterocycles. The molecule has 0 rings (SSSR count). The van der Waals surface area contributed by atoms with Gasteiger partial charge in [-0.25, -0.2) is 0 Å². The van der Waals surface area contributed by atoms with Gasteiger partial charge in [-0.2, -0.15) is 12.6 Å². The molecule has 0 amide bonds. The summed E-state index contributed by atoms with van der Waals surface area (Å²) in [4.78, 5) is 0.